The highest BCUT2D eigenvalue weighted by atomic mass is 35.5. The number of halogens is 1. The number of hydrogen-bond acceptors (Lipinski definition) is 4. The molecule has 2 heterocycles. The molecule has 2 saturated heterocycles. The van der Waals surface area contributed by atoms with Crippen molar-refractivity contribution in [3.05, 3.63) is 23.2 Å². The molecule has 0 aliphatic carbocycles. The highest BCUT2D eigenvalue weighted by Crippen LogP contribution is 2.32. The van der Waals surface area contributed by atoms with E-state index in [1.807, 2.05) is 4.90 Å². The fourth-order valence-corrected chi connectivity index (χ4v) is 5.49. The van der Waals surface area contributed by atoms with Gasteiger partial charge in [-0.05, 0) is 43.9 Å². The van der Waals surface area contributed by atoms with Crippen LogP contribution in [-0.4, -0.2) is 56.8 Å². The van der Waals surface area contributed by atoms with E-state index in [2.05, 4.69) is 0 Å². The summed E-state index contributed by atoms with van der Waals surface area (Å²) in [6.07, 6.45) is 3.46. The second-order valence-corrected chi connectivity index (χ2v) is 8.87. The number of hydrogen-bond donors (Lipinski definition) is 0. The zero-order valence-corrected chi connectivity index (χ0v) is 15.9. The number of rotatable bonds is 4. The molecule has 1 atom stereocenters. The van der Waals surface area contributed by atoms with Crippen LogP contribution in [0.2, 0.25) is 5.02 Å². The number of carbonyl (C=O) groups excluding carboxylic acids is 1. The van der Waals surface area contributed by atoms with Crippen LogP contribution in [0.15, 0.2) is 23.1 Å². The summed E-state index contributed by atoms with van der Waals surface area (Å²) in [4.78, 5) is 14.6. The fraction of sp³-hybridized carbons (Fsp3) is 0.588. The van der Waals surface area contributed by atoms with Gasteiger partial charge in [-0.2, -0.15) is 4.31 Å². The molecule has 0 spiro atoms. The molecule has 1 aromatic rings. The summed E-state index contributed by atoms with van der Waals surface area (Å²) in [5.41, 5.74) is 0. The highest BCUT2D eigenvalue weighted by Gasteiger charge is 2.36. The lowest BCUT2D eigenvalue weighted by Crippen LogP contribution is -2.46. The molecular weight excluding hydrogens is 364 g/mol. The predicted octanol–water partition coefficient (Wildman–Crippen LogP) is 2.37. The van der Waals surface area contributed by atoms with Gasteiger partial charge in [-0.25, -0.2) is 8.42 Å². The number of methoxy groups -OCH3 is 1. The average molecular weight is 387 g/mol. The monoisotopic (exact) mass is 386 g/mol. The van der Waals surface area contributed by atoms with Crippen molar-refractivity contribution < 1.29 is 17.9 Å². The number of carbonyl (C=O) groups is 1. The largest absolute Gasteiger partial charge is 0.495 e. The number of ether oxygens (including phenoxy) is 1. The van der Waals surface area contributed by atoms with Gasteiger partial charge in [-0.1, -0.05) is 11.6 Å². The van der Waals surface area contributed by atoms with Crippen LogP contribution in [0.4, 0.5) is 0 Å². The molecule has 6 nitrogen and oxygen atoms in total. The minimum atomic E-state index is -3.76. The SMILES string of the molecule is COc1ccc(Cl)cc1S(=O)(=O)N1CCC[C@H](C(=O)N2CCCC2)C1. The molecule has 1 amide bonds. The Kier molecular flexibility index (Phi) is 5.55. The molecule has 0 radical (unpaired) electrons. The second kappa shape index (κ2) is 7.51. The Bertz CT molecular complexity index is 747. The van der Waals surface area contributed by atoms with E-state index < -0.39 is 10.0 Å². The number of benzene rings is 1. The molecule has 8 heteroatoms. The van der Waals surface area contributed by atoms with Gasteiger partial charge in [0.25, 0.3) is 0 Å². The molecule has 2 aliphatic rings. The first-order chi connectivity index (χ1) is 11.9. The number of sulfonamides is 1. The minimum Gasteiger partial charge on any atom is -0.495 e. The quantitative estimate of drug-likeness (QED) is 0.796. The van der Waals surface area contributed by atoms with E-state index in [-0.39, 0.29) is 29.0 Å². The van der Waals surface area contributed by atoms with Crippen LogP contribution in [0.3, 0.4) is 0 Å². The van der Waals surface area contributed by atoms with Crippen LogP contribution in [0.1, 0.15) is 25.7 Å². The summed E-state index contributed by atoms with van der Waals surface area (Å²) in [7, 11) is -2.34. The van der Waals surface area contributed by atoms with Gasteiger partial charge in [-0.15, -0.1) is 0 Å². The van der Waals surface area contributed by atoms with Crippen molar-refractivity contribution in [1.82, 2.24) is 9.21 Å². The third-order valence-corrected chi connectivity index (χ3v) is 7.02. The van der Waals surface area contributed by atoms with Crippen LogP contribution < -0.4 is 4.74 Å². The Hall–Kier alpha value is -1.31. The first kappa shape index (κ1) is 18.5. The van der Waals surface area contributed by atoms with Crippen molar-refractivity contribution in [1.29, 1.82) is 0 Å². The molecule has 25 heavy (non-hydrogen) atoms. The molecule has 0 aromatic heterocycles. The van der Waals surface area contributed by atoms with Gasteiger partial charge in [0.1, 0.15) is 10.6 Å². The van der Waals surface area contributed by atoms with Crippen molar-refractivity contribution in [3.8, 4) is 5.75 Å². The zero-order chi connectivity index (χ0) is 18.0. The molecule has 3 rings (SSSR count). The normalized spacial score (nSPS) is 22.2. The second-order valence-electron chi connectivity index (χ2n) is 6.53. The lowest BCUT2D eigenvalue weighted by atomic mass is 9.98. The smallest absolute Gasteiger partial charge is 0.246 e. The molecule has 0 N–H and O–H groups in total. The third kappa shape index (κ3) is 3.78. The van der Waals surface area contributed by atoms with Crippen LogP contribution in [-0.2, 0) is 14.8 Å². The summed E-state index contributed by atoms with van der Waals surface area (Å²) >= 11 is 5.98. The number of amides is 1. The van der Waals surface area contributed by atoms with Gasteiger partial charge in [0.15, 0.2) is 0 Å². The Morgan fingerprint density at radius 1 is 1.20 bits per heavy atom. The van der Waals surface area contributed by atoms with Gasteiger partial charge >= 0.3 is 0 Å². The third-order valence-electron chi connectivity index (χ3n) is 4.89. The first-order valence-electron chi connectivity index (χ1n) is 8.56. The molecule has 2 aliphatic heterocycles. The molecule has 0 unspecified atom stereocenters. The van der Waals surface area contributed by atoms with E-state index in [4.69, 9.17) is 16.3 Å². The topological polar surface area (TPSA) is 66.9 Å². The summed E-state index contributed by atoms with van der Waals surface area (Å²) in [6, 6.07) is 4.54. The number of nitrogens with zero attached hydrogens (tertiary/aromatic N) is 2. The number of likely N-dealkylation sites (tertiary alicyclic amines) is 1. The Balaban J connectivity index is 1.82. The maximum atomic E-state index is 13.1. The van der Waals surface area contributed by atoms with Crippen molar-refractivity contribution in [2.24, 2.45) is 5.92 Å². The summed E-state index contributed by atoms with van der Waals surface area (Å²) < 4.78 is 32.7. The van der Waals surface area contributed by atoms with E-state index in [1.165, 1.54) is 17.5 Å². The summed E-state index contributed by atoms with van der Waals surface area (Å²) in [5.74, 6) is 0.0691. The van der Waals surface area contributed by atoms with E-state index in [9.17, 15) is 13.2 Å². The van der Waals surface area contributed by atoms with E-state index in [1.54, 1.807) is 12.1 Å². The molecule has 1 aromatic carbocycles. The summed E-state index contributed by atoms with van der Waals surface area (Å²) in [6.45, 7) is 2.18. The van der Waals surface area contributed by atoms with E-state index in [0.717, 1.165) is 32.4 Å². The first-order valence-corrected chi connectivity index (χ1v) is 10.4. The van der Waals surface area contributed by atoms with Gasteiger partial charge in [0.2, 0.25) is 15.9 Å². The standard InChI is InChI=1S/C17H23ClN2O4S/c1-24-15-7-6-14(18)11-16(15)25(22,23)20-10-4-5-13(12-20)17(21)19-8-2-3-9-19/h6-7,11,13H,2-5,8-10,12H2,1H3/t13-/m0/s1. The molecule has 0 saturated carbocycles. The summed E-state index contributed by atoms with van der Waals surface area (Å²) in [5, 5.41) is 0.334. The molecule has 0 bridgehead atoms. The van der Waals surface area contributed by atoms with E-state index in [0.29, 0.717) is 18.0 Å². The molecule has 138 valence electrons. The maximum absolute atomic E-state index is 13.1. The fourth-order valence-electron chi connectivity index (χ4n) is 3.55. The lowest BCUT2D eigenvalue weighted by molar-refractivity contribution is -0.135. The average Bonchev–Trinajstić information content (AvgIpc) is 3.16. The van der Waals surface area contributed by atoms with Crippen molar-refractivity contribution in [2.45, 2.75) is 30.6 Å². The Labute approximate surface area is 153 Å². The van der Waals surface area contributed by atoms with Crippen LogP contribution in [0.5, 0.6) is 5.75 Å². The van der Waals surface area contributed by atoms with Crippen LogP contribution >= 0.6 is 11.6 Å². The zero-order valence-electron chi connectivity index (χ0n) is 14.3. The van der Waals surface area contributed by atoms with Gasteiger partial charge in [0.05, 0.1) is 13.0 Å². The van der Waals surface area contributed by atoms with Gasteiger partial charge in [-0.3, -0.25) is 4.79 Å². The lowest BCUT2D eigenvalue weighted by Gasteiger charge is -2.33. The van der Waals surface area contributed by atoms with Crippen LogP contribution in [0.25, 0.3) is 0 Å². The number of piperidine rings is 1. The Morgan fingerprint density at radius 2 is 1.92 bits per heavy atom. The molecule has 2 fully saturated rings. The van der Waals surface area contributed by atoms with Crippen molar-refractivity contribution in [2.75, 3.05) is 33.3 Å². The van der Waals surface area contributed by atoms with E-state index >= 15 is 0 Å². The predicted molar refractivity (Wildman–Crippen MR) is 95.3 cm³/mol. The van der Waals surface area contributed by atoms with Gasteiger partial charge < -0.3 is 9.64 Å². The Morgan fingerprint density at radius 3 is 2.60 bits per heavy atom. The van der Waals surface area contributed by atoms with Crippen LogP contribution in [0, 0.1) is 5.92 Å². The maximum Gasteiger partial charge on any atom is 0.246 e. The molecular formula is C17H23ClN2O4S. The van der Waals surface area contributed by atoms with Crippen molar-refractivity contribution in [3.63, 3.8) is 0 Å². The minimum absolute atomic E-state index is 0.0526. The van der Waals surface area contributed by atoms with Crippen molar-refractivity contribution >= 4 is 27.5 Å². The highest BCUT2D eigenvalue weighted by molar-refractivity contribution is 7.89. The van der Waals surface area contributed by atoms with Gasteiger partial charge in [0, 0.05) is 31.2 Å².